The number of benzene rings is 2. The lowest BCUT2D eigenvalue weighted by Gasteiger charge is -2.14. The average molecular weight is 388 g/mol. The summed E-state index contributed by atoms with van der Waals surface area (Å²) in [6.45, 7) is 0.648. The molecule has 2 rings (SSSR count). The lowest BCUT2D eigenvalue weighted by Crippen LogP contribution is -2.30. The predicted octanol–water partition coefficient (Wildman–Crippen LogP) is 3.71. The Morgan fingerprint density at radius 3 is 2.38 bits per heavy atom. The van der Waals surface area contributed by atoms with Gasteiger partial charge in [-0.25, -0.2) is 18.0 Å². The van der Waals surface area contributed by atoms with Crippen molar-refractivity contribution >= 4 is 29.2 Å². The molecule has 0 spiro atoms. The van der Waals surface area contributed by atoms with Gasteiger partial charge in [-0.1, -0.05) is 11.6 Å². The maximum Gasteiger partial charge on any atom is 0.347 e. The van der Waals surface area contributed by atoms with Crippen LogP contribution in [0.4, 0.5) is 18.9 Å². The minimum Gasteiger partial charge on any atom is -0.479 e. The smallest absolute Gasteiger partial charge is 0.347 e. The van der Waals surface area contributed by atoms with Crippen LogP contribution in [0, 0.1) is 17.5 Å². The Morgan fingerprint density at radius 1 is 1.08 bits per heavy atom. The third-order valence-corrected chi connectivity index (χ3v) is 3.37. The highest BCUT2D eigenvalue weighted by atomic mass is 35.5. The fourth-order valence-corrected chi connectivity index (χ4v) is 1.95. The average Bonchev–Trinajstić information content (AvgIpc) is 2.62. The minimum absolute atomic E-state index is 0.368. The summed E-state index contributed by atoms with van der Waals surface area (Å²) in [4.78, 5) is 23.5. The maximum absolute atomic E-state index is 13.5. The molecular weight excluding hydrogens is 375 g/mol. The molecule has 0 fully saturated rings. The molecule has 0 aliphatic heterocycles. The molecule has 0 saturated carbocycles. The van der Waals surface area contributed by atoms with Crippen LogP contribution < -0.4 is 10.1 Å². The zero-order valence-electron chi connectivity index (χ0n) is 13.4. The van der Waals surface area contributed by atoms with E-state index in [2.05, 4.69) is 0 Å². The molecule has 5 nitrogen and oxygen atoms in total. The van der Waals surface area contributed by atoms with Gasteiger partial charge in [0.25, 0.3) is 5.91 Å². The van der Waals surface area contributed by atoms with Gasteiger partial charge in [-0.2, -0.15) is 0 Å². The van der Waals surface area contributed by atoms with Gasteiger partial charge in [0.1, 0.15) is 5.75 Å². The first-order chi connectivity index (χ1) is 12.3. The molecule has 1 N–H and O–H groups in total. The van der Waals surface area contributed by atoms with Crippen molar-refractivity contribution in [2.75, 3.05) is 11.9 Å². The number of nitrogens with one attached hydrogen (secondary N) is 1. The van der Waals surface area contributed by atoms with Crippen molar-refractivity contribution in [3.63, 3.8) is 0 Å². The van der Waals surface area contributed by atoms with E-state index in [1.165, 1.54) is 6.92 Å². The van der Waals surface area contributed by atoms with Crippen molar-refractivity contribution in [1.82, 2.24) is 0 Å². The fourth-order valence-electron chi connectivity index (χ4n) is 1.83. The Morgan fingerprint density at radius 2 is 1.73 bits per heavy atom. The molecule has 0 aliphatic carbocycles. The minimum atomic E-state index is -1.72. The number of esters is 1. The molecule has 0 saturated heterocycles. The highest BCUT2D eigenvalue weighted by molar-refractivity contribution is 6.30. The highest BCUT2D eigenvalue weighted by Gasteiger charge is 2.19. The molecule has 26 heavy (non-hydrogen) atoms. The summed E-state index contributed by atoms with van der Waals surface area (Å²) in [5, 5.41) is 2.47. The monoisotopic (exact) mass is 387 g/mol. The molecule has 0 radical (unpaired) electrons. The predicted molar refractivity (Wildman–Crippen MR) is 87.4 cm³/mol. The van der Waals surface area contributed by atoms with Crippen LogP contribution in [0.25, 0.3) is 0 Å². The second kappa shape index (κ2) is 8.57. The fraction of sp³-hybridized carbons (Fsp3) is 0.176. The summed E-state index contributed by atoms with van der Waals surface area (Å²) in [5.41, 5.74) is -0.574. The van der Waals surface area contributed by atoms with Crippen LogP contribution in [0.5, 0.6) is 5.75 Å². The summed E-state index contributed by atoms with van der Waals surface area (Å²) >= 11 is 5.73. The lowest BCUT2D eigenvalue weighted by molar-refractivity contribution is -0.153. The third kappa shape index (κ3) is 5.13. The van der Waals surface area contributed by atoms with Crippen LogP contribution in [0.3, 0.4) is 0 Å². The van der Waals surface area contributed by atoms with Crippen molar-refractivity contribution in [3.05, 3.63) is 58.9 Å². The second-order valence-corrected chi connectivity index (χ2v) is 5.53. The Labute approximate surface area is 151 Å². The molecule has 2 aromatic rings. The maximum atomic E-state index is 13.5. The third-order valence-electron chi connectivity index (χ3n) is 3.11. The summed E-state index contributed by atoms with van der Waals surface area (Å²) in [6.07, 6.45) is -1.02. The number of ether oxygens (including phenoxy) is 2. The molecule has 0 aliphatic rings. The summed E-state index contributed by atoms with van der Waals surface area (Å²) in [6, 6.07) is 7.73. The quantitative estimate of drug-likeness (QED) is 0.606. The van der Waals surface area contributed by atoms with Gasteiger partial charge >= 0.3 is 5.97 Å². The number of carbonyl (C=O) groups is 2. The molecule has 0 unspecified atom stereocenters. The van der Waals surface area contributed by atoms with Crippen LogP contribution in [-0.4, -0.2) is 24.6 Å². The zero-order valence-corrected chi connectivity index (χ0v) is 14.1. The normalized spacial score (nSPS) is 11.6. The van der Waals surface area contributed by atoms with Gasteiger partial charge in [0, 0.05) is 5.02 Å². The van der Waals surface area contributed by atoms with Crippen LogP contribution in [0.15, 0.2) is 36.4 Å². The topological polar surface area (TPSA) is 64.6 Å². The van der Waals surface area contributed by atoms with Crippen LogP contribution >= 0.6 is 11.6 Å². The van der Waals surface area contributed by atoms with E-state index in [0.29, 0.717) is 16.8 Å². The first kappa shape index (κ1) is 19.6. The van der Waals surface area contributed by atoms with E-state index in [-0.39, 0.29) is 0 Å². The summed E-state index contributed by atoms with van der Waals surface area (Å²) in [5.74, 6) is -6.07. The van der Waals surface area contributed by atoms with E-state index < -0.39 is 47.7 Å². The SMILES string of the molecule is C[C@@H](Oc1ccc(Cl)cc1)C(=O)OCC(=O)Nc1ccc(F)c(F)c1F. The van der Waals surface area contributed by atoms with Gasteiger partial charge in [-0.05, 0) is 43.3 Å². The van der Waals surface area contributed by atoms with Gasteiger partial charge < -0.3 is 14.8 Å². The second-order valence-electron chi connectivity index (χ2n) is 5.09. The van der Waals surface area contributed by atoms with Crippen molar-refractivity contribution in [3.8, 4) is 5.75 Å². The van der Waals surface area contributed by atoms with Gasteiger partial charge in [0.05, 0.1) is 5.69 Å². The Hall–Kier alpha value is -2.74. The molecule has 2 aromatic carbocycles. The Kier molecular flexibility index (Phi) is 6.46. The lowest BCUT2D eigenvalue weighted by atomic mass is 10.3. The first-order valence-corrected chi connectivity index (χ1v) is 7.68. The molecule has 9 heteroatoms. The largest absolute Gasteiger partial charge is 0.479 e. The van der Waals surface area contributed by atoms with E-state index in [1.54, 1.807) is 24.3 Å². The van der Waals surface area contributed by atoms with Gasteiger partial charge in [0.15, 0.2) is 30.2 Å². The van der Waals surface area contributed by atoms with Crippen LogP contribution in [0.2, 0.25) is 5.02 Å². The van der Waals surface area contributed by atoms with Crippen LogP contribution in [-0.2, 0) is 14.3 Å². The van der Waals surface area contributed by atoms with E-state index >= 15 is 0 Å². The molecule has 1 amide bonds. The van der Waals surface area contributed by atoms with Crippen molar-refractivity contribution < 1.29 is 32.2 Å². The number of hydrogen-bond donors (Lipinski definition) is 1. The van der Waals surface area contributed by atoms with Gasteiger partial charge in [-0.15, -0.1) is 0 Å². The van der Waals surface area contributed by atoms with Crippen molar-refractivity contribution in [2.45, 2.75) is 13.0 Å². The Balaban J connectivity index is 1.85. The van der Waals surface area contributed by atoms with E-state index in [0.717, 1.165) is 6.07 Å². The van der Waals surface area contributed by atoms with Crippen LogP contribution in [0.1, 0.15) is 6.92 Å². The first-order valence-electron chi connectivity index (χ1n) is 7.30. The zero-order chi connectivity index (χ0) is 19.3. The van der Waals surface area contributed by atoms with E-state index in [4.69, 9.17) is 21.1 Å². The molecule has 0 heterocycles. The summed E-state index contributed by atoms with van der Waals surface area (Å²) < 4.78 is 49.4. The highest BCUT2D eigenvalue weighted by Crippen LogP contribution is 2.20. The molecular formula is C17H13ClF3NO4. The number of anilines is 1. The van der Waals surface area contributed by atoms with Gasteiger partial charge in [0.2, 0.25) is 0 Å². The number of rotatable bonds is 6. The molecule has 0 bridgehead atoms. The molecule has 1 atom stereocenters. The summed E-state index contributed by atoms with van der Waals surface area (Å²) in [7, 11) is 0. The standard InChI is InChI=1S/C17H13ClF3NO4/c1-9(26-11-4-2-10(18)3-5-11)17(24)25-8-14(23)22-13-7-6-12(19)15(20)16(13)21/h2-7,9H,8H2,1H3,(H,22,23)/t9-/m1/s1. The number of amides is 1. The number of hydrogen-bond acceptors (Lipinski definition) is 4. The van der Waals surface area contributed by atoms with Crippen molar-refractivity contribution in [1.29, 1.82) is 0 Å². The number of halogens is 4. The molecule has 138 valence electrons. The van der Waals surface area contributed by atoms with E-state index in [1.807, 2.05) is 5.32 Å². The molecule has 0 aromatic heterocycles. The number of carbonyl (C=O) groups excluding carboxylic acids is 2. The van der Waals surface area contributed by atoms with Gasteiger partial charge in [-0.3, -0.25) is 4.79 Å². The van der Waals surface area contributed by atoms with Crippen molar-refractivity contribution in [2.24, 2.45) is 0 Å². The van der Waals surface area contributed by atoms with E-state index in [9.17, 15) is 22.8 Å². The Bertz CT molecular complexity index is 814.